The Bertz CT molecular complexity index is 446. The summed E-state index contributed by atoms with van der Waals surface area (Å²) in [7, 11) is 0. The largest absolute Gasteiger partial charge is 0.354 e. The second-order valence-electron chi connectivity index (χ2n) is 3.69. The topological polar surface area (TPSA) is 55.9 Å². The molecule has 86 valence electrons. The molecule has 0 fully saturated rings. The molecule has 0 aliphatic rings. The summed E-state index contributed by atoms with van der Waals surface area (Å²) >= 11 is 0. The van der Waals surface area contributed by atoms with Crippen molar-refractivity contribution in [3.8, 4) is 0 Å². The summed E-state index contributed by atoms with van der Waals surface area (Å²) in [6.07, 6.45) is 4.21. The van der Waals surface area contributed by atoms with Gasteiger partial charge in [-0.2, -0.15) is 4.98 Å². The van der Waals surface area contributed by atoms with E-state index in [1.54, 1.807) is 0 Å². The highest BCUT2D eigenvalue weighted by Crippen LogP contribution is 2.01. The summed E-state index contributed by atoms with van der Waals surface area (Å²) in [6.45, 7) is 6.36. The Morgan fingerprint density at radius 1 is 1.44 bits per heavy atom. The Balaban J connectivity index is 1.79. The van der Waals surface area contributed by atoms with Crippen molar-refractivity contribution < 1.29 is 4.52 Å². The highest BCUT2D eigenvalue weighted by molar-refractivity contribution is 5.09. The SMILES string of the molecule is CCn1ccc(CNCc2nc(C)no2)c1. The van der Waals surface area contributed by atoms with Crippen LogP contribution in [0.3, 0.4) is 0 Å². The lowest BCUT2D eigenvalue weighted by Crippen LogP contribution is -2.12. The minimum Gasteiger partial charge on any atom is -0.354 e. The smallest absolute Gasteiger partial charge is 0.240 e. The molecular weight excluding hydrogens is 204 g/mol. The van der Waals surface area contributed by atoms with E-state index in [0.29, 0.717) is 18.3 Å². The maximum absolute atomic E-state index is 5.00. The number of hydrogen-bond donors (Lipinski definition) is 1. The van der Waals surface area contributed by atoms with Crippen LogP contribution in [-0.4, -0.2) is 14.7 Å². The van der Waals surface area contributed by atoms with Crippen molar-refractivity contribution in [3.63, 3.8) is 0 Å². The third kappa shape index (κ3) is 2.70. The predicted octanol–water partition coefficient (Wildman–Crippen LogP) is 1.49. The second kappa shape index (κ2) is 4.94. The summed E-state index contributed by atoms with van der Waals surface area (Å²) in [5.74, 6) is 1.31. The zero-order chi connectivity index (χ0) is 11.4. The molecule has 2 aromatic heterocycles. The highest BCUT2D eigenvalue weighted by Gasteiger charge is 2.01. The van der Waals surface area contributed by atoms with Gasteiger partial charge in [-0.05, 0) is 25.5 Å². The van der Waals surface area contributed by atoms with Crippen LogP contribution in [-0.2, 0) is 19.6 Å². The summed E-state index contributed by atoms with van der Waals surface area (Å²) in [4.78, 5) is 4.12. The van der Waals surface area contributed by atoms with E-state index >= 15 is 0 Å². The zero-order valence-corrected chi connectivity index (χ0v) is 9.60. The van der Waals surface area contributed by atoms with E-state index in [0.717, 1.165) is 13.1 Å². The van der Waals surface area contributed by atoms with Crippen molar-refractivity contribution in [1.29, 1.82) is 0 Å². The molecule has 0 atom stereocenters. The van der Waals surface area contributed by atoms with Crippen LogP contribution >= 0.6 is 0 Å². The molecule has 1 N–H and O–H groups in total. The molecule has 0 aromatic carbocycles. The van der Waals surface area contributed by atoms with Gasteiger partial charge in [0.1, 0.15) is 0 Å². The van der Waals surface area contributed by atoms with E-state index in [1.807, 2.05) is 6.92 Å². The summed E-state index contributed by atoms with van der Waals surface area (Å²) < 4.78 is 7.15. The minimum atomic E-state index is 0.609. The fourth-order valence-corrected chi connectivity index (χ4v) is 1.52. The molecule has 16 heavy (non-hydrogen) atoms. The first-order valence-corrected chi connectivity index (χ1v) is 5.42. The van der Waals surface area contributed by atoms with Crippen molar-refractivity contribution in [2.24, 2.45) is 0 Å². The Hall–Kier alpha value is -1.62. The van der Waals surface area contributed by atoms with Gasteiger partial charge >= 0.3 is 0 Å². The molecule has 0 aliphatic carbocycles. The third-order valence-corrected chi connectivity index (χ3v) is 2.35. The Morgan fingerprint density at radius 2 is 2.31 bits per heavy atom. The van der Waals surface area contributed by atoms with Gasteiger partial charge in [-0.1, -0.05) is 5.16 Å². The number of aromatic nitrogens is 3. The van der Waals surface area contributed by atoms with Crippen LogP contribution in [0.1, 0.15) is 24.2 Å². The average Bonchev–Trinajstić information content (AvgIpc) is 2.88. The number of nitrogens with one attached hydrogen (secondary N) is 1. The van der Waals surface area contributed by atoms with Crippen LogP contribution in [0.15, 0.2) is 23.0 Å². The minimum absolute atomic E-state index is 0.609. The van der Waals surface area contributed by atoms with Gasteiger partial charge in [0.05, 0.1) is 6.54 Å². The average molecular weight is 220 g/mol. The van der Waals surface area contributed by atoms with Gasteiger partial charge in [-0.3, -0.25) is 0 Å². The zero-order valence-electron chi connectivity index (χ0n) is 9.60. The van der Waals surface area contributed by atoms with Crippen molar-refractivity contribution in [1.82, 2.24) is 20.0 Å². The lowest BCUT2D eigenvalue weighted by atomic mass is 10.3. The molecule has 0 aliphatic heterocycles. The van der Waals surface area contributed by atoms with Gasteiger partial charge < -0.3 is 14.4 Å². The van der Waals surface area contributed by atoms with E-state index in [4.69, 9.17) is 4.52 Å². The number of aryl methyl sites for hydroxylation is 2. The molecule has 2 heterocycles. The molecule has 5 heteroatoms. The molecule has 0 bridgehead atoms. The van der Waals surface area contributed by atoms with Gasteiger partial charge in [-0.25, -0.2) is 0 Å². The maximum Gasteiger partial charge on any atom is 0.240 e. The molecule has 0 radical (unpaired) electrons. The van der Waals surface area contributed by atoms with Gasteiger partial charge in [-0.15, -0.1) is 0 Å². The first-order chi connectivity index (χ1) is 7.78. The fraction of sp³-hybridized carbons (Fsp3) is 0.455. The molecule has 0 amide bonds. The van der Waals surface area contributed by atoms with E-state index in [2.05, 4.69) is 45.4 Å². The van der Waals surface area contributed by atoms with Crippen LogP contribution in [0, 0.1) is 6.92 Å². The Labute approximate surface area is 94.5 Å². The van der Waals surface area contributed by atoms with Crippen LogP contribution < -0.4 is 5.32 Å². The second-order valence-corrected chi connectivity index (χ2v) is 3.69. The molecule has 2 rings (SSSR count). The Kier molecular flexibility index (Phi) is 3.36. The standard InChI is InChI=1S/C11H16N4O/c1-3-15-5-4-10(8-15)6-12-7-11-13-9(2)14-16-11/h4-5,8,12H,3,6-7H2,1-2H3. The van der Waals surface area contributed by atoms with Gasteiger partial charge in [0.25, 0.3) is 0 Å². The normalized spacial score (nSPS) is 10.9. The van der Waals surface area contributed by atoms with Crippen LogP contribution in [0.4, 0.5) is 0 Å². The molecule has 0 unspecified atom stereocenters. The van der Waals surface area contributed by atoms with Gasteiger partial charge in [0.2, 0.25) is 5.89 Å². The molecule has 0 saturated carbocycles. The summed E-state index contributed by atoms with van der Waals surface area (Å²) in [5, 5.41) is 6.99. The predicted molar refractivity (Wildman–Crippen MR) is 59.7 cm³/mol. The number of nitrogens with zero attached hydrogens (tertiary/aromatic N) is 3. The number of rotatable bonds is 5. The first-order valence-electron chi connectivity index (χ1n) is 5.42. The first kappa shape index (κ1) is 10.9. The molecule has 2 aromatic rings. The molecule has 0 saturated heterocycles. The van der Waals surface area contributed by atoms with Gasteiger partial charge in [0.15, 0.2) is 5.82 Å². The van der Waals surface area contributed by atoms with E-state index in [-0.39, 0.29) is 0 Å². The third-order valence-electron chi connectivity index (χ3n) is 2.35. The molecule has 5 nitrogen and oxygen atoms in total. The van der Waals surface area contributed by atoms with E-state index in [9.17, 15) is 0 Å². The van der Waals surface area contributed by atoms with Crippen molar-refractivity contribution in [2.45, 2.75) is 33.5 Å². The van der Waals surface area contributed by atoms with Crippen molar-refractivity contribution in [3.05, 3.63) is 35.7 Å². The van der Waals surface area contributed by atoms with Crippen LogP contribution in [0.25, 0.3) is 0 Å². The van der Waals surface area contributed by atoms with E-state index < -0.39 is 0 Å². The lowest BCUT2D eigenvalue weighted by Gasteiger charge is -1.98. The highest BCUT2D eigenvalue weighted by atomic mass is 16.5. The molecule has 0 spiro atoms. The van der Waals surface area contributed by atoms with Gasteiger partial charge in [0, 0.05) is 25.5 Å². The fourth-order valence-electron chi connectivity index (χ4n) is 1.52. The van der Waals surface area contributed by atoms with Crippen molar-refractivity contribution in [2.75, 3.05) is 0 Å². The van der Waals surface area contributed by atoms with Crippen LogP contribution in [0.5, 0.6) is 0 Å². The molecular formula is C11H16N4O. The number of hydrogen-bond acceptors (Lipinski definition) is 4. The quantitative estimate of drug-likeness (QED) is 0.829. The monoisotopic (exact) mass is 220 g/mol. The van der Waals surface area contributed by atoms with E-state index in [1.165, 1.54) is 5.56 Å². The maximum atomic E-state index is 5.00. The van der Waals surface area contributed by atoms with Crippen molar-refractivity contribution >= 4 is 0 Å². The lowest BCUT2D eigenvalue weighted by molar-refractivity contribution is 0.364. The summed E-state index contributed by atoms with van der Waals surface area (Å²) in [5.41, 5.74) is 1.26. The summed E-state index contributed by atoms with van der Waals surface area (Å²) in [6, 6.07) is 2.11. The van der Waals surface area contributed by atoms with Crippen LogP contribution in [0.2, 0.25) is 0 Å². The Morgan fingerprint density at radius 3 is 2.94 bits per heavy atom.